The third-order valence-electron chi connectivity index (χ3n) is 1.64. The van der Waals surface area contributed by atoms with Gasteiger partial charge in [0, 0.05) is 12.1 Å². The molecule has 0 bridgehead atoms. The Morgan fingerprint density at radius 2 is 2.07 bits per heavy atom. The van der Waals surface area contributed by atoms with Gasteiger partial charge in [0.2, 0.25) is 0 Å². The summed E-state index contributed by atoms with van der Waals surface area (Å²) in [6.45, 7) is 4.10. The van der Waals surface area contributed by atoms with Crippen LogP contribution >= 0.6 is 0 Å². The van der Waals surface area contributed by atoms with Crippen molar-refractivity contribution in [3.63, 3.8) is 0 Å². The summed E-state index contributed by atoms with van der Waals surface area (Å²) in [5.41, 5.74) is 0.0704. The third-order valence-corrected chi connectivity index (χ3v) is 1.64. The lowest BCUT2D eigenvalue weighted by atomic mass is 10.3. The summed E-state index contributed by atoms with van der Waals surface area (Å²) in [6.07, 6.45) is 2.52. The number of nitro benzene ring substituents is 1. The number of non-ortho nitro benzene ring substituents is 1. The van der Waals surface area contributed by atoms with Crippen LogP contribution in [0.15, 0.2) is 36.9 Å². The molecule has 74 valence electrons. The van der Waals surface area contributed by atoms with Crippen molar-refractivity contribution >= 4 is 5.69 Å². The van der Waals surface area contributed by atoms with Crippen LogP contribution in [0.5, 0.6) is 5.75 Å². The van der Waals surface area contributed by atoms with Crippen LogP contribution in [0.2, 0.25) is 0 Å². The molecule has 0 amide bonds. The number of hydrogen-bond donors (Lipinski definition) is 0. The summed E-state index contributed by atoms with van der Waals surface area (Å²) >= 11 is 0. The molecule has 0 saturated carbocycles. The van der Waals surface area contributed by atoms with Crippen molar-refractivity contribution in [2.75, 3.05) is 6.61 Å². The van der Waals surface area contributed by atoms with Crippen LogP contribution in [0.1, 0.15) is 6.42 Å². The molecule has 0 aliphatic carbocycles. The number of hydrogen-bond acceptors (Lipinski definition) is 3. The van der Waals surface area contributed by atoms with Gasteiger partial charge in [-0.15, -0.1) is 6.58 Å². The van der Waals surface area contributed by atoms with Gasteiger partial charge in [-0.3, -0.25) is 10.1 Å². The fourth-order valence-electron chi connectivity index (χ4n) is 0.924. The predicted octanol–water partition coefficient (Wildman–Crippen LogP) is 2.55. The molecule has 4 heteroatoms. The van der Waals surface area contributed by atoms with Crippen molar-refractivity contribution < 1.29 is 9.66 Å². The molecule has 0 spiro atoms. The summed E-state index contributed by atoms with van der Waals surface area (Å²) in [4.78, 5) is 9.89. The smallest absolute Gasteiger partial charge is 0.269 e. The predicted molar refractivity (Wildman–Crippen MR) is 53.4 cm³/mol. The minimum absolute atomic E-state index is 0.0704. The first-order valence-corrected chi connectivity index (χ1v) is 4.22. The van der Waals surface area contributed by atoms with Gasteiger partial charge in [0.05, 0.1) is 11.5 Å². The molecular weight excluding hydrogens is 182 g/mol. The van der Waals surface area contributed by atoms with Gasteiger partial charge in [0.25, 0.3) is 5.69 Å². The average molecular weight is 193 g/mol. The van der Waals surface area contributed by atoms with Gasteiger partial charge in [-0.05, 0) is 18.6 Å². The quantitative estimate of drug-likeness (QED) is 0.312. The van der Waals surface area contributed by atoms with E-state index in [4.69, 9.17) is 4.74 Å². The zero-order chi connectivity index (χ0) is 10.4. The molecule has 14 heavy (non-hydrogen) atoms. The Morgan fingerprint density at radius 3 is 2.57 bits per heavy atom. The Morgan fingerprint density at radius 1 is 1.43 bits per heavy atom. The zero-order valence-corrected chi connectivity index (χ0v) is 7.68. The molecule has 0 N–H and O–H groups in total. The standard InChI is InChI=1S/C10H11NO3/c1-2-3-8-14-10-6-4-9(5-7-10)11(12)13/h2,4-7H,1,3,8H2. The fourth-order valence-corrected chi connectivity index (χ4v) is 0.924. The fraction of sp³-hybridized carbons (Fsp3) is 0.200. The Bertz CT molecular complexity index is 319. The number of ether oxygens (including phenoxy) is 1. The molecule has 0 saturated heterocycles. The normalized spacial score (nSPS) is 9.43. The van der Waals surface area contributed by atoms with Crippen molar-refractivity contribution in [3.05, 3.63) is 47.0 Å². The molecule has 1 aromatic rings. The second kappa shape index (κ2) is 5.01. The van der Waals surface area contributed by atoms with E-state index >= 15 is 0 Å². The van der Waals surface area contributed by atoms with Crippen molar-refractivity contribution in [2.45, 2.75) is 6.42 Å². The molecular formula is C10H11NO3. The van der Waals surface area contributed by atoms with Crippen LogP contribution in [0.4, 0.5) is 5.69 Å². The van der Waals surface area contributed by atoms with E-state index in [1.54, 1.807) is 18.2 Å². The van der Waals surface area contributed by atoms with Crippen LogP contribution < -0.4 is 4.74 Å². The lowest BCUT2D eigenvalue weighted by Crippen LogP contribution is -1.95. The first kappa shape index (κ1) is 10.2. The molecule has 0 heterocycles. The Balaban J connectivity index is 2.55. The Hall–Kier alpha value is -1.84. The SMILES string of the molecule is C=CCCOc1ccc([N+](=O)[O-])cc1. The summed E-state index contributed by atoms with van der Waals surface area (Å²) in [5, 5.41) is 10.3. The van der Waals surface area contributed by atoms with E-state index in [-0.39, 0.29) is 5.69 Å². The zero-order valence-electron chi connectivity index (χ0n) is 7.68. The second-order valence-electron chi connectivity index (χ2n) is 2.68. The van der Waals surface area contributed by atoms with E-state index in [2.05, 4.69) is 6.58 Å². The second-order valence-corrected chi connectivity index (χ2v) is 2.68. The summed E-state index contributed by atoms with van der Waals surface area (Å²) in [5.74, 6) is 0.637. The maximum absolute atomic E-state index is 10.3. The van der Waals surface area contributed by atoms with Gasteiger partial charge in [-0.1, -0.05) is 6.08 Å². The topological polar surface area (TPSA) is 52.4 Å². The lowest BCUT2D eigenvalue weighted by molar-refractivity contribution is -0.384. The molecule has 0 atom stereocenters. The largest absolute Gasteiger partial charge is 0.493 e. The Kier molecular flexibility index (Phi) is 3.67. The van der Waals surface area contributed by atoms with E-state index in [0.29, 0.717) is 12.4 Å². The average Bonchev–Trinajstić information content (AvgIpc) is 2.19. The summed E-state index contributed by atoms with van der Waals surface area (Å²) < 4.78 is 5.29. The van der Waals surface area contributed by atoms with Crippen molar-refractivity contribution in [1.29, 1.82) is 0 Å². The molecule has 0 radical (unpaired) electrons. The molecule has 1 rings (SSSR count). The highest BCUT2D eigenvalue weighted by molar-refractivity contribution is 5.35. The van der Waals surface area contributed by atoms with Crippen LogP contribution in [0.25, 0.3) is 0 Å². The first-order valence-electron chi connectivity index (χ1n) is 4.22. The van der Waals surface area contributed by atoms with Crippen molar-refractivity contribution in [2.24, 2.45) is 0 Å². The van der Waals surface area contributed by atoms with E-state index in [1.807, 2.05) is 0 Å². The molecule has 4 nitrogen and oxygen atoms in total. The van der Waals surface area contributed by atoms with Gasteiger partial charge >= 0.3 is 0 Å². The van der Waals surface area contributed by atoms with Crippen molar-refractivity contribution in [1.82, 2.24) is 0 Å². The van der Waals surface area contributed by atoms with E-state index in [1.165, 1.54) is 12.1 Å². The highest BCUT2D eigenvalue weighted by Gasteiger charge is 2.03. The minimum Gasteiger partial charge on any atom is -0.493 e. The van der Waals surface area contributed by atoms with Crippen molar-refractivity contribution in [3.8, 4) is 5.75 Å². The van der Waals surface area contributed by atoms with Crippen LogP contribution in [-0.2, 0) is 0 Å². The van der Waals surface area contributed by atoms with Crippen LogP contribution in [0.3, 0.4) is 0 Å². The number of rotatable bonds is 5. The van der Waals surface area contributed by atoms with E-state index in [9.17, 15) is 10.1 Å². The molecule has 0 unspecified atom stereocenters. The minimum atomic E-state index is -0.437. The molecule has 0 fully saturated rings. The summed E-state index contributed by atoms with van der Waals surface area (Å²) in [7, 11) is 0. The number of benzene rings is 1. The first-order chi connectivity index (χ1) is 6.74. The maximum Gasteiger partial charge on any atom is 0.269 e. The molecule has 0 aliphatic heterocycles. The van der Waals surface area contributed by atoms with Gasteiger partial charge in [0.1, 0.15) is 5.75 Å². The van der Waals surface area contributed by atoms with Gasteiger partial charge in [0.15, 0.2) is 0 Å². The highest BCUT2D eigenvalue weighted by Crippen LogP contribution is 2.17. The Labute approximate surface area is 82.0 Å². The summed E-state index contributed by atoms with van der Waals surface area (Å²) in [6, 6.07) is 6.01. The van der Waals surface area contributed by atoms with E-state index < -0.39 is 4.92 Å². The van der Waals surface area contributed by atoms with E-state index in [0.717, 1.165) is 6.42 Å². The lowest BCUT2D eigenvalue weighted by Gasteiger charge is -2.02. The molecule has 0 aromatic heterocycles. The number of nitro groups is 1. The highest BCUT2D eigenvalue weighted by atomic mass is 16.6. The maximum atomic E-state index is 10.3. The van der Waals surface area contributed by atoms with Crippen LogP contribution in [0, 0.1) is 10.1 Å². The van der Waals surface area contributed by atoms with Gasteiger partial charge < -0.3 is 4.74 Å². The third kappa shape index (κ3) is 2.90. The van der Waals surface area contributed by atoms with Gasteiger partial charge in [-0.2, -0.15) is 0 Å². The molecule has 1 aromatic carbocycles. The number of nitrogens with zero attached hydrogens (tertiary/aromatic N) is 1. The van der Waals surface area contributed by atoms with Gasteiger partial charge in [-0.25, -0.2) is 0 Å². The monoisotopic (exact) mass is 193 g/mol. The van der Waals surface area contributed by atoms with Crippen LogP contribution in [-0.4, -0.2) is 11.5 Å². The molecule has 0 aliphatic rings.